The number of carbonyl (C=O) groups excluding carboxylic acids is 1. The molecule has 0 atom stereocenters. The van der Waals surface area contributed by atoms with E-state index in [2.05, 4.69) is 58.7 Å². The molecule has 150 valence electrons. The molecule has 2 aliphatic rings. The Bertz CT molecular complexity index is 846. The van der Waals surface area contributed by atoms with Crippen LogP contribution in [0.5, 0.6) is 0 Å². The van der Waals surface area contributed by atoms with Crippen molar-refractivity contribution in [2.45, 2.75) is 52.6 Å². The number of benzene rings is 1. The lowest BCUT2D eigenvalue weighted by atomic mass is 9.83. The highest BCUT2D eigenvalue weighted by atomic mass is 16.2. The van der Waals surface area contributed by atoms with E-state index in [1.54, 1.807) is 0 Å². The van der Waals surface area contributed by atoms with Gasteiger partial charge in [-0.15, -0.1) is 0 Å². The van der Waals surface area contributed by atoms with Gasteiger partial charge >= 0.3 is 0 Å². The van der Waals surface area contributed by atoms with E-state index in [4.69, 9.17) is 4.98 Å². The lowest BCUT2D eigenvalue weighted by Crippen LogP contribution is -2.55. The minimum atomic E-state index is -0.124. The molecular formula is C23H32N4O. The highest BCUT2D eigenvalue weighted by molar-refractivity contribution is 5.78. The summed E-state index contributed by atoms with van der Waals surface area (Å²) >= 11 is 0. The van der Waals surface area contributed by atoms with Crippen LogP contribution in [0.3, 0.4) is 0 Å². The van der Waals surface area contributed by atoms with Crippen molar-refractivity contribution >= 4 is 5.91 Å². The van der Waals surface area contributed by atoms with Crippen LogP contribution in [-0.2, 0) is 16.9 Å². The number of fused-ring (bicyclic) bond motifs is 4. The molecule has 0 bridgehead atoms. The maximum atomic E-state index is 12.6. The first kappa shape index (κ1) is 19.2. The van der Waals surface area contributed by atoms with Gasteiger partial charge in [0.15, 0.2) is 0 Å². The van der Waals surface area contributed by atoms with Crippen molar-refractivity contribution in [1.82, 2.24) is 19.4 Å². The Labute approximate surface area is 168 Å². The largest absolute Gasteiger partial charge is 0.342 e. The second-order valence-electron chi connectivity index (χ2n) is 9.04. The fraction of sp³-hybridized carbons (Fsp3) is 0.565. The van der Waals surface area contributed by atoms with E-state index in [0.29, 0.717) is 5.92 Å². The van der Waals surface area contributed by atoms with Crippen LogP contribution >= 0.6 is 0 Å². The zero-order valence-electron chi connectivity index (χ0n) is 17.6. The molecule has 0 saturated carbocycles. The number of hydrogen-bond acceptors (Lipinski definition) is 3. The SMILES string of the molecule is CC(C)CN1Cc2ccccc2-n2ccnc2C12CCN(C(=O)C(C)C)CC2. The van der Waals surface area contributed by atoms with E-state index >= 15 is 0 Å². The third kappa shape index (κ3) is 3.16. The van der Waals surface area contributed by atoms with Gasteiger partial charge in [-0.2, -0.15) is 0 Å². The highest BCUT2D eigenvalue weighted by Gasteiger charge is 2.47. The standard InChI is InChI=1S/C23H32N4O/c1-17(2)15-26-16-19-7-5-6-8-20(19)27-14-11-24-22(27)23(26)9-12-25(13-10-23)21(28)18(3)4/h5-8,11,14,17-18H,9-10,12-13,15-16H2,1-4H3. The summed E-state index contributed by atoms with van der Waals surface area (Å²) in [5.41, 5.74) is 2.46. The van der Waals surface area contributed by atoms with Crippen molar-refractivity contribution in [1.29, 1.82) is 0 Å². The molecule has 1 spiro atoms. The molecule has 5 nitrogen and oxygen atoms in total. The predicted molar refractivity (Wildman–Crippen MR) is 111 cm³/mol. The fourth-order valence-electron chi connectivity index (χ4n) is 4.90. The number of piperidine rings is 1. The molecule has 28 heavy (non-hydrogen) atoms. The number of hydrogen-bond donors (Lipinski definition) is 0. The third-order valence-corrected chi connectivity index (χ3v) is 6.26. The molecule has 2 aromatic rings. The number of amides is 1. The van der Waals surface area contributed by atoms with Crippen LogP contribution in [0.25, 0.3) is 5.69 Å². The van der Waals surface area contributed by atoms with Crippen LogP contribution in [0, 0.1) is 11.8 Å². The monoisotopic (exact) mass is 380 g/mol. The molecule has 1 fully saturated rings. The highest BCUT2D eigenvalue weighted by Crippen LogP contribution is 2.43. The van der Waals surface area contributed by atoms with Crippen molar-refractivity contribution < 1.29 is 4.79 Å². The second kappa shape index (κ2) is 7.36. The molecule has 1 aromatic carbocycles. The maximum absolute atomic E-state index is 12.6. The van der Waals surface area contributed by atoms with Gasteiger partial charge in [0, 0.05) is 44.5 Å². The molecule has 1 amide bonds. The normalized spacial score (nSPS) is 19.0. The molecular weight excluding hydrogens is 348 g/mol. The van der Waals surface area contributed by atoms with Gasteiger partial charge in [-0.3, -0.25) is 9.69 Å². The van der Waals surface area contributed by atoms with Gasteiger partial charge in [-0.1, -0.05) is 45.9 Å². The third-order valence-electron chi connectivity index (χ3n) is 6.26. The number of likely N-dealkylation sites (tertiary alicyclic amines) is 1. The summed E-state index contributed by atoms with van der Waals surface area (Å²) in [6, 6.07) is 8.68. The van der Waals surface area contributed by atoms with Gasteiger partial charge in [-0.25, -0.2) is 4.98 Å². The van der Waals surface area contributed by atoms with Gasteiger partial charge in [0.25, 0.3) is 0 Å². The van der Waals surface area contributed by atoms with Crippen molar-refractivity contribution in [2.75, 3.05) is 19.6 Å². The van der Waals surface area contributed by atoms with Crippen molar-refractivity contribution in [3.63, 3.8) is 0 Å². The molecule has 0 aliphatic carbocycles. The first-order chi connectivity index (χ1) is 13.4. The van der Waals surface area contributed by atoms with Crippen LogP contribution in [0.2, 0.25) is 0 Å². The number of imidazole rings is 1. The van der Waals surface area contributed by atoms with Crippen molar-refractivity contribution in [2.24, 2.45) is 11.8 Å². The number of nitrogens with zero attached hydrogens (tertiary/aromatic N) is 4. The molecule has 4 rings (SSSR count). The second-order valence-corrected chi connectivity index (χ2v) is 9.04. The zero-order chi connectivity index (χ0) is 19.9. The van der Waals surface area contributed by atoms with Gasteiger partial charge in [0.05, 0.1) is 11.2 Å². The lowest BCUT2D eigenvalue weighted by Gasteiger charge is -2.48. The van der Waals surface area contributed by atoms with E-state index in [-0.39, 0.29) is 17.4 Å². The van der Waals surface area contributed by atoms with E-state index in [9.17, 15) is 4.79 Å². The molecule has 2 aliphatic heterocycles. The van der Waals surface area contributed by atoms with Gasteiger partial charge in [0.1, 0.15) is 5.82 Å². The molecule has 3 heterocycles. The molecule has 0 N–H and O–H groups in total. The minimum Gasteiger partial charge on any atom is -0.342 e. The summed E-state index contributed by atoms with van der Waals surface area (Å²) in [6.07, 6.45) is 5.89. The predicted octanol–water partition coefficient (Wildman–Crippen LogP) is 3.82. The zero-order valence-corrected chi connectivity index (χ0v) is 17.6. The van der Waals surface area contributed by atoms with E-state index < -0.39 is 0 Å². The van der Waals surface area contributed by atoms with Crippen molar-refractivity contribution in [3.05, 3.63) is 48.0 Å². The Balaban J connectivity index is 1.76. The molecule has 0 radical (unpaired) electrons. The number of rotatable bonds is 3. The summed E-state index contributed by atoms with van der Waals surface area (Å²) in [7, 11) is 0. The van der Waals surface area contributed by atoms with E-state index in [1.165, 1.54) is 11.3 Å². The van der Waals surface area contributed by atoms with Gasteiger partial charge < -0.3 is 9.47 Å². The Morgan fingerprint density at radius 1 is 1.14 bits per heavy atom. The average molecular weight is 381 g/mol. The number of carbonyl (C=O) groups is 1. The summed E-state index contributed by atoms with van der Waals surface area (Å²) in [5.74, 6) is 2.03. The van der Waals surface area contributed by atoms with Crippen LogP contribution in [0.15, 0.2) is 36.7 Å². The number of para-hydroxylation sites is 1. The van der Waals surface area contributed by atoms with Crippen molar-refractivity contribution in [3.8, 4) is 5.69 Å². The Morgan fingerprint density at radius 2 is 1.86 bits per heavy atom. The fourth-order valence-corrected chi connectivity index (χ4v) is 4.90. The first-order valence-corrected chi connectivity index (χ1v) is 10.6. The molecule has 5 heteroatoms. The van der Waals surface area contributed by atoms with Crippen LogP contribution in [-0.4, -0.2) is 44.9 Å². The van der Waals surface area contributed by atoms with Crippen LogP contribution < -0.4 is 0 Å². The van der Waals surface area contributed by atoms with Crippen LogP contribution in [0.1, 0.15) is 51.9 Å². The average Bonchev–Trinajstić information content (AvgIpc) is 3.14. The first-order valence-electron chi connectivity index (χ1n) is 10.6. The minimum absolute atomic E-state index is 0.0567. The molecule has 1 saturated heterocycles. The molecule has 0 unspecified atom stereocenters. The quantitative estimate of drug-likeness (QED) is 0.813. The maximum Gasteiger partial charge on any atom is 0.225 e. The lowest BCUT2D eigenvalue weighted by molar-refractivity contribution is -0.138. The topological polar surface area (TPSA) is 41.4 Å². The van der Waals surface area contributed by atoms with E-state index in [1.807, 2.05) is 20.0 Å². The Kier molecular flexibility index (Phi) is 5.04. The summed E-state index contributed by atoms with van der Waals surface area (Å²) in [5, 5.41) is 0. The summed E-state index contributed by atoms with van der Waals surface area (Å²) in [6.45, 7) is 12.1. The van der Waals surface area contributed by atoms with E-state index in [0.717, 1.165) is 44.8 Å². The van der Waals surface area contributed by atoms with Gasteiger partial charge in [-0.05, 0) is 30.4 Å². The summed E-state index contributed by atoms with van der Waals surface area (Å²) in [4.78, 5) is 22.1. The number of aromatic nitrogens is 2. The Hall–Kier alpha value is -2.14. The Morgan fingerprint density at radius 3 is 2.54 bits per heavy atom. The summed E-state index contributed by atoms with van der Waals surface area (Å²) < 4.78 is 2.29. The van der Waals surface area contributed by atoms with Gasteiger partial charge in [0.2, 0.25) is 5.91 Å². The molecule has 1 aromatic heterocycles. The van der Waals surface area contributed by atoms with Crippen LogP contribution in [0.4, 0.5) is 0 Å². The smallest absolute Gasteiger partial charge is 0.225 e.